The molecule has 0 aromatic heterocycles. The first-order chi connectivity index (χ1) is 9.52. The highest BCUT2D eigenvalue weighted by molar-refractivity contribution is 5.69. The topological polar surface area (TPSA) is 40.5 Å². The first-order valence-electron chi connectivity index (χ1n) is 6.67. The maximum Gasteiger partial charge on any atom is 0.407 e. The van der Waals surface area contributed by atoms with Gasteiger partial charge in [0.05, 0.1) is 0 Å². The van der Waals surface area contributed by atoms with Gasteiger partial charge in [0.2, 0.25) is 0 Å². The maximum absolute atomic E-state index is 13.3. The number of hydrogen-bond acceptors (Lipinski definition) is 1. The number of halogens is 2. The standard InChI is InChI=1S/C15H15F2NO2/c16-13-2-1-11(6-14(13)17)12-4-9-3-10(5-12)8-18(7-9)15(19)20/h1-2,4,6,9-10H,3,5,7-8H2,(H,19,20). The molecule has 1 amide bonds. The Morgan fingerprint density at radius 2 is 2.05 bits per heavy atom. The molecule has 1 aliphatic carbocycles. The molecule has 2 aliphatic rings. The molecule has 1 fully saturated rings. The minimum Gasteiger partial charge on any atom is -0.465 e. The molecule has 20 heavy (non-hydrogen) atoms. The summed E-state index contributed by atoms with van der Waals surface area (Å²) in [5, 5.41) is 9.06. The van der Waals surface area contributed by atoms with E-state index in [4.69, 9.17) is 5.11 Å². The van der Waals surface area contributed by atoms with Gasteiger partial charge in [0.25, 0.3) is 0 Å². The molecule has 1 N–H and O–H groups in total. The average Bonchev–Trinajstić information content (AvgIpc) is 2.40. The molecule has 1 aromatic carbocycles. The van der Waals surface area contributed by atoms with Crippen LogP contribution in [0.3, 0.4) is 0 Å². The largest absolute Gasteiger partial charge is 0.465 e. The fourth-order valence-electron chi connectivity index (χ4n) is 3.24. The molecule has 3 rings (SSSR count). The smallest absolute Gasteiger partial charge is 0.407 e. The van der Waals surface area contributed by atoms with Crippen LogP contribution in [0.2, 0.25) is 0 Å². The molecule has 0 spiro atoms. The fraction of sp³-hybridized carbons (Fsp3) is 0.400. The van der Waals surface area contributed by atoms with E-state index < -0.39 is 17.7 Å². The van der Waals surface area contributed by atoms with Gasteiger partial charge in [0, 0.05) is 13.1 Å². The summed E-state index contributed by atoms with van der Waals surface area (Å²) in [7, 11) is 0. The number of benzene rings is 1. The Kier molecular flexibility index (Phi) is 3.20. The molecule has 1 heterocycles. The first-order valence-corrected chi connectivity index (χ1v) is 6.67. The lowest BCUT2D eigenvalue weighted by molar-refractivity contribution is 0.106. The van der Waals surface area contributed by atoms with Gasteiger partial charge in [-0.1, -0.05) is 12.1 Å². The van der Waals surface area contributed by atoms with E-state index >= 15 is 0 Å². The van der Waals surface area contributed by atoms with Crippen molar-refractivity contribution in [3.8, 4) is 0 Å². The van der Waals surface area contributed by atoms with Crippen LogP contribution in [0.5, 0.6) is 0 Å². The van der Waals surface area contributed by atoms with Crippen LogP contribution in [0, 0.1) is 23.5 Å². The molecule has 1 aliphatic heterocycles. The minimum absolute atomic E-state index is 0.168. The van der Waals surface area contributed by atoms with Gasteiger partial charge in [-0.2, -0.15) is 0 Å². The predicted molar refractivity (Wildman–Crippen MR) is 70.1 cm³/mol. The SMILES string of the molecule is O=C(O)N1CC2C=C(c3ccc(F)c(F)c3)CC(C2)C1. The van der Waals surface area contributed by atoms with Gasteiger partial charge in [0.1, 0.15) is 0 Å². The quantitative estimate of drug-likeness (QED) is 0.856. The Hall–Kier alpha value is -1.91. The third kappa shape index (κ3) is 2.40. The first kappa shape index (κ1) is 13.1. The monoisotopic (exact) mass is 279 g/mol. The van der Waals surface area contributed by atoms with Crippen LogP contribution in [-0.4, -0.2) is 29.2 Å². The number of carbonyl (C=O) groups is 1. The van der Waals surface area contributed by atoms with Crippen LogP contribution in [-0.2, 0) is 0 Å². The molecule has 1 saturated heterocycles. The zero-order valence-electron chi connectivity index (χ0n) is 10.9. The van der Waals surface area contributed by atoms with Crippen LogP contribution in [0.25, 0.3) is 5.57 Å². The second kappa shape index (κ2) is 4.89. The number of piperidine rings is 1. The summed E-state index contributed by atoms with van der Waals surface area (Å²) in [5.41, 5.74) is 1.69. The van der Waals surface area contributed by atoms with Gasteiger partial charge < -0.3 is 10.0 Å². The van der Waals surface area contributed by atoms with Crippen molar-refractivity contribution in [2.75, 3.05) is 13.1 Å². The Bertz CT molecular complexity index is 585. The number of amides is 1. The van der Waals surface area contributed by atoms with Gasteiger partial charge in [-0.05, 0) is 47.9 Å². The number of allylic oxidation sites excluding steroid dienone is 1. The van der Waals surface area contributed by atoms with Crippen LogP contribution < -0.4 is 0 Å². The lowest BCUT2D eigenvalue weighted by Crippen LogP contribution is -2.44. The molecular weight excluding hydrogens is 264 g/mol. The molecule has 106 valence electrons. The third-order valence-electron chi connectivity index (χ3n) is 4.08. The summed E-state index contributed by atoms with van der Waals surface area (Å²) in [4.78, 5) is 12.5. The number of rotatable bonds is 1. The zero-order chi connectivity index (χ0) is 14.3. The number of hydrogen-bond donors (Lipinski definition) is 1. The second-order valence-corrected chi connectivity index (χ2v) is 5.57. The van der Waals surface area contributed by atoms with Gasteiger partial charge in [0.15, 0.2) is 11.6 Å². The molecular formula is C15H15F2NO2. The van der Waals surface area contributed by atoms with E-state index in [2.05, 4.69) is 0 Å². The number of nitrogens with zero attached hydrogens (tertiary/aromatic N) is 1. The van der Waals surface area contributed by atoms with Crippen molar-refractivity contribution in [3.05, 3.63) is 41.5 Å². The Balaban J connectivity index is 1.86. The van der Waals surface area contributed by atoms with Crippen LogP contribution in [0.4, 0.5) is 13.6 Å². The molecule has 1 aromatic rings. The van der Waals surface area contributed by atoms with Crippen molar-refractivity contribution in [2.45, 2.75) is 12.8 Å². The minimum atomic E-state index is -0.885. The van der Waals surface area contributed by atoms with E-state index in [1.807, 2.05) is 6.08 Å². The lowest BCUT2D eigenvalue weighted by Gasteiger charge is -2.39. The molecule has 3 nitrogen and oxygen atoms in total. The fourth-order valence-corrected chi connectivity index (χ4v) is 3.24. The number of likely N-dealkylation sites (tertiary alicyclic amines) is 1. The van der Waals surface area contributed by atoms with E-state index in [9.17, 15) is 13.6 Å². The summed E-state index contributed by atoms with van der Waals surface area (Å²) in [5.74, 6) is -1.26. The van der Waals surface area contributed by atoms with Crippen molar-refractivity contribution in [3.63, 3.8) is 0 Å². The van der Waals surface area contributed by atoms with Gasteiger partial charge in [-0.15, -0.1) is 0 Å². The molecule has 0 radical (unpaired) electrons. The van der Waals surface area contributed by atoms with Gasteiger partial charge >= 0.3 is 6.09 Å². The highest BCUT2D eigenvalue weighted by Crippen LogP contribution is 2.38. The van der Waals surface area contributed by atoms with Crippen molar-refractivity contribution >= 4 is 11.7 Å². The molecule has 5 heteroatoms. The zero-order valence-corrected chi connectivity index (χ0v) is 10.9. The third-order valence-corrected chi connectivity index (χ3v) is 4.08. The summed E-state index contributed by atoms with van der Waals surface area (Å²) in [6, 6.07) is 3.94. The van der Waals surface area contributed by atoms with Crippen LogP contribution in [0.15, 0.2) is 24.3 Å². The summed E-state index contributed by atoms with van der Waals surface area (Å²) >= 11 is 0. The van der Waals surface area contributed by atoms with Crippen molar-refractivity contribution in [1.82, 2.24) is 4.90 Å². The predicted octanol–water partition coefficient (Wildman–Crippen LogP) is 3.37. The van der Waals surface area contributed by atoms with E-state index in [1.54, 1.807) is 6.07 Å². The van der Waals surface area contributed by atoms with E-state index in [-0.39, 0.29) is 11.8 Å². The van der Waals surface area contributed by atoms with Crippen LogP contribution in [0.1, 0.15) is 18.4 Å². The Morgan fingerprint density at radius 1 is 1.25 bits per heavy atom. The maximum atomic E-state index is 13.3. The number of carboxylic acid groups (broad SMARTS) is 1. The summed E-state index contributed by atoms with van der Waals surface area (Å²) < 4.78 is 26.3. The van der Waals surface area contributed by atoms with Crippen molar-refractivity contribution < 1.29 is 18.7 Å². The highest BCUT2D eigenvalue weighted by atomic mass is 19.2. The number of fused-ring (bicyclic) bond motifs is 2. The lowest BCUT2D eigenvalue weighted by atomic mass is 9.77. The normalized spacial score (nSPS) is 25.3. The summed E-state index contributed by atoms with van der Waals surface area (Å²) in [6.45, 7) is 1.01. The van der Waals surface area contributed by atoms with Gasteiger partial charge in [-0.3, -0.25) is 0 Å². The molecule has 2 unspecified atom stereocenters. The molecule has 0 saturated carbocycles. The molecule has 2 bridgehead atoms. The van der Waals surface area contributed by atoms with Crippen LogP contribution >= 0.6 is 0 Å². The highest BCUT2D eigenvalue weighted by Gasteiger charge is 2.33. The summed E-state index contributed by atoms with van der Waals surface area (Å²) in [6.07, 6.45) is 2.81. The van der Waals surface area contributed by atoms with Gasteiger partial charge in [-0.25, -0.2) is 13.6 Å². The second-order valence-electron chi connectivity index (χ2n) is 5.57. The average molecular weight is 279 g/mol. The van der Waals surface area contributed by atoms with E-state index in [1.165, 1.54) is 11.0 Å². The molecule has 2 atom stereocenters. The van der Waals surface area contributed by atoms with Crippen molar-refractivity contribution in [2.24, 2.45) is 11.8 Å². The van der Waals surface area contributed by atoms with Crippen molar-refractivity contribution in [1.29, 1.82) is 0 Å². The van der Waals surface area contributed by atoms with E-state index in [0.29, 0.717) is 25.1 Å². The Labute approximate surface area is 115 Å². The Morgan fingerprint density at radius 3 is 2.70 bits per heavy atom. The van der Waals surface area contributed by atoms with E-state index in [0.717, 1.165) is 18.1 Å².